The molecule has 0 spiro atoms. The van der Waals surface area contributed by atoms with E-state index in [4.69, 9.17) is 17.3 Å². The van der Waals surface area contributed by atoms with E-state index in [1.165, 1.54) is 0 Å². The number of nitrogens with two attached hydrogens (primary N) is 1. The summed E-state index contributed by atoms with van der Waals surface area (Å²) in [4.78, 5) is 13.4. The number of piperidine rings is 1. The molecule has 1 aliphatic rings. The second-order valence-electron chi connectivity index (χ2n) is 4.94. The Kier molecular flexibility index (Phi) is 5.19. The smallest absolute Gasteiger partial charge is 0.231 e. The number of hydrogen-bond acceptors (Lipinski definition) is 3. The zero-order valence-corrected chi connectivity index (χ0v) is 11.7. The van der Waals surface area contributed by atoms with Crippen LogP contribution in [-0.4, -0.2) is 36.5 Å². The van der Waals surface area contributed by atoms with E-state index < -0.39 is 0 Å². The maximum absolute atomic E-state index is 11.3. The lowest BCUT2D eigenvalue weighted by atomic mass is 10.0. The van der Waals surface area contributed by atoms with Crippen LogP contribution in [0.1, 0.15) is 18.4 Å². The summed E-state index contributed by atoms with van der Waals surface area (Å²) >= 11 is 6.19. The normalized spacial score (nSPS) is 16.7. The molecule has 19 heavy (non-hydrogen) atoms. The van der Waals surface area contributed by atoms with Gasteiger partial charge in [-0.1, -0.05) is 29.8 Å². The van der Waals surface area contributed by atoms with E-state index in [2.05, 4.69) is 10.2 Å². The Hall–Kier alpha value is -1.10. The molecule has 104 valence electrons. The highest BCUT2D eigenvalue weighted by Crippen LogP contribution is 2.20. The Morgan fingerprint density at radius 1 is 1.37 bits per heavy atom. The fraction of sp³-hybridized carbons (Fsp3) is 0.500. The predicted molar refractivity (Wildman–Crippen MR) is 76.9 cm³/mol. The van der Waals surface area contributed by atoms with Gasteiger partial charge in [0.2, 0.25) is 5.91 Å². The predicted octanol–water partition coefficient (Wildman–Crippen LogP) is 1.38. The van der Waals surface area contributed by atoms with Gasteiger partial charge in [-0.05, 0) is 37.6 Å². The van der Waals surface area contributed by atoms with E-state index in [-0.39, 0.29) is 12.5 Å². The molecule has 2 rings (SSSR count). The third-order valence-electron chi connectivity index (χ3n) is 3.52. The van der Waals surface area contributed by atoms with Crippen molar-refractivity contribution in [2.45, 2.75) is 25.4 Å². The van der Waals surface area contributed by atoms with Gasteiger partial charge >= 0.3 is 0 Å². The lowest BCUT2D eigenvalue weighted by Gasteiger charge is -2.34. The van der Waals surface area contributed by atoms with Crippen molar-refractivity contribution in [3.63, 3.8) is 0 Å². The van der Waals surface area contributed by atoms with Crippen LogP contribution in [0.3, 0.4) is 0 Å². The van der Waals surface area contributed by atoms with Crippen molar-refractivity contribution in [2.24, 2.45) is 5.73 Å². The standard InChI is InChI=1S/C14H20ClN3O/c15-13-4-2-1-3-11(13)9-18(10-14(16)19)12-5-7-17-8-6-12/h1-4,12,17H,5-10H2,(H2,16,19). The maximum Gasteiger partial charge on any atom is 0.231 e. The van der Waals surface area contributed by atoms with Crippen LogP contribution in [0, 0.1) is 0 Å². The molecule has 0 atom stereocenters. The monoisotopic (exact) mass is 281 g/mol. The highest BCUT2D eigenvalue weighted by molar-refractivity contribution is 6.31. The van der Waals surface area contributed by atoms with E-state index in [1.54, 1.807) is 0 Å². The summed E-state index contributed by atoms with van der Waals surface area (Å²) in [5, 5.41) is 4.07. The number of halogens is 1. The highest BCUT2D eigenvalue weighted by Gasteiger charge is 2.22. The lowest BCUT2D eigenvalue weighted by molar-refractivity contribution is -0.120. The Labute approximate surface area is 118 Å². The van der Waals surface area contributed by atoms with Crippen LogP contribution in [0.2, 0.25) is 5.02 Å². The minimum Gasteiger partial charge on any atom is -0.369 e. The molecule has 0 saturated carbocycles. The number of benzene rings is 1. The van der Waals surface area contributed by atoms with Gasteiger partial charge in [-0.25, -0.2) is 0 Å². The Morgan fingerprint density at radius 3 is 2.68 bits per heavy atom. The van der Waals surface area contributed by atoms with Crippen molar-refractivity contribution >= 4 is 17.5 Å². The molecule has 1 aliphatic heterocycles. The molecule has 0 aromatic heterocycles. The zero-order valence-electron chi connectivity index (χ0n) is 10.9. The van der Waals surface area contributed by atoms with E-state index >= 15 is 0 Å². The molecule has 1 fully saturated rings. The first-order valence-corrected chi connectivity index (χ1v) is 7.01. The third kappa shape index (κ3) is 4.20. The summed E-state index contributed by atoms with van der Waals surface area (Å²) < 4.78 is 0. The first-order valence-electron chi connectivity index (χ1n) is 6.63. The van der Waals surface area contributed by atoms with Gasteiger partial charge in [0.25, 0.3) is 0 Å². The molecule has 1 saturated heterocycles. The van der Waals surface area contributed by atoms with Crippen molar-refractivity contribution in [2.75, 3.05) is 19.6 Å². The molecule has 1 aromatic carbocycles. The first-order chi connectivity index (χ1) is 9.16. The van der Waals surface area contributed by atoms with Crippen LogP contribution in [0.4, 0.5) is 0 Å². The number of primary amides is 1. The lowest BCUT2D eigenvalue weighted by Crippen LogP contribution is -2.46. The van der Waals surface area contributed by atoms with Gasteiger partial charge in [-0.3, -0.25) is 9.69 Å². The van der Waals surface area contributed by atoms with Crippen LogP contribution in [0.15, 0.2) is 24.3 Å². The van der Waals surface area contributed by atoms with Gasteiger partial charge in [0, 0.05) is 17.6 Å². The van der Waals surface area contributed by atoms with Crippen molar-refractivity contribution < 1.29 is 4.79 Å². The van der Waals surface area contributed by atoms with E-state index in [0.717, 1.165) is 36.5 Å². The molecule has 4 nitrogen and oxygen atoms in total. The molecular formula is C14H20ClN3O. The number of hydrogen-bond donors (Lipinski definition) is 2. The third-order valence-corrected chi connectivity index (χ3v) is 3.88. The fourth-order valence-corrected chi connectivity index (χ4v) is 2.73. The average Bonchev–Trinajstić information content (AvgIpc) is 2.41. The van der Waals surface area contributed by atoms with E-state index in [0.29, 0.717) is 12.6 Å². The SMILES string of the molecule is NC(=O)CN(Cc1ccccc1Cl)C1CCNCC1. The summed E-state index contributed by atoms with van der Waals surface area (Å²) in [7, 11) is 0. The molecule has 1 amide bonds. The second-order valence-corrected chi connectivity index (χ2v) is 5.35. The van der Waals surface area contributed by atoms with Gasteiger partial charge < -0.3 is 11.1 Å². The summed E-state index contributed by atoms with van der Waals surface area (Å²) in [6.07, 6.45) is 2.08. The van der Waals surface area contributed by atoms with Gasteiger partial charge in [-0.2, -0.15) is 0 Å². The number of amides is 1. The van der Waals surface area contributed by atoms with Gasteiger partial charge in [0.15, 0.2) is 0 Å². The van der Waals surface area contributed by atoms with Crippen LogP contribution in [-0.2, 0) is 11.3 Å². The van der Waals surface area contributed by atoms with Crippen LogP contribution in [0.5, 0.6) is 0 Å². The Bertz CT molecular complexity index is 432. The number of carbonyl (C=O) groups is 1. The number of nitrogens with zero attached hydrogens (tertiary/aromatic N) is 1. The Morgan fingerprint density at radius 2 is 2.05 bits per heavy atom. The largest absolute Gasteiger partial charge is 0.369 e. The minimum absolute atomic E-state index is 0.286. The topological polar surface area (TPSA) is 58.4 Å². The summed E-state index contributed by atoms with van der Waals surface area (Å²) in [6.45, 7) is 2.94. The molecular weight excluding hydrogens is 262 g/mol. The Balaban J connectivity index is 2.08. The van der Waals surface area contributed by atoms with Crippen molar-refractivity contribution in [1.29, 1.82) is 0 Å². The van der Waals surface area contributed by atoms with Crippen molar-refractivity contribution in [1.82, 2.24) is 10.2 Å². The molecule has 1 heterocycles. The van der Waals surface area contributed by atoms with Crippen LogP contribution in [0.25, 0.3) is 0 Å². The number of carbonyl (C=O) groups excluding carboxylic acids is 1. The summed E-state index contributed by atoms with van der Waals surface area (Å²) in [5.41, 5.74) is 6.41. The first kappa shape index (κ1) is 14.3. The van der Waals surface area contributed by atoms with Crippen LogP contribution >= 0.6 is 11.6 Å². The van der Waals surface area contributed by atoms with E-state index in [9.17, 15) is 4.79 Å². The fourth-order valence-electron chi connectivity index (χ4n) is 2.53. The number of nitrogens with one attached hydrogen (secondary N) is 1. The quantitative estimate of drug-likeness (QED) is 0.857. The minimum atomic E-state index is -0.286. The molecule has 0 aliphatic carbocycles. The van der Waals surface area contributed by atoms with Gasteiger partial charge in [-0.15, -0.1) is 0 Å². The van der Waals surface area contributed by atoms with E-state index in [1.807, 2.05) is 24.3 Å². The molecule has 0 bridgehead atoms. The van der Waals surface area contributed by atoms with Gasteiger partial charge in [0.05, 0.1) is 6.54 Å². The summed E-state index contributed by atoms with van der Waals surface area (Å²) in [5.74, 6) is -0.286. The zero-order chi connectivity index (χ0) is 13.7. The van der Waals surface area contributed by atoms with Crippen LogP contribution < -0.4 is 11.1 Å². The van der Waals surface area contributed by atoms with Gasteiger partial charge in [0.1, 0.15) is 0 Å². The molecule has 0 unspecified atom stereocenters. The molecule has 0 radical (unpaired) electrons. The highest BCUT2D eigenvalue weighted by atomic mass is 35.5. The van der Waals surface area contributed by atoms with Crippen molar-refractivity contribution in [3.8, 4) is 0 Å². The summed E-state index contributed by atoms with van der Waals surface area (Å²) in [6, 6.07) is 8.14. The molecule has 1 aromatic rings. The second kappa shape index (κ2) is 6.89. The number of rotatable bonds is 5. The van der Waals surface area contributed by atoms with Crippen molar-refractivity contribution in [3.05, 3.63) is 34.9 Å². The molecule has 3 N–H and O–H groups in total. The maximum atomic E-state index is 11.3. The average molecular weight is 282 g/mol. The molecule has 5 heteroatoms.